The van der Waals surface area contributed by atoms with Crippen LogP contribution in [0.2, 0.25) is 0 Å². The molecule has 2 aromatic rings. The van der Waals surface area contributed by atoms with Crippen LogP contribution < -0.4 is 5.09 Å². The van der Waals surface area contributed by atoms with Crippen molar-refractivity contribution < 1.29 is 0 Å². The molecule has 0 aliphatic heterocycles. The van der Waals surface area contributed by atoms with Gasteiger partial charge in [-0.05, 0) is 38.4 Å². The van der Waals surface area contributed by atoms with E-state index in [1.807, 2.05) is 30.3 Å². The van der Waals surface area contributed by atoms with E-state index in [9.17, 15) is 0 Å². The lowest BCUT2D eigenvalue weighted by molar-refractivity contribution is 0.990. The monoisotopic (exact) mass is 326 g/mol. The predicted molar refractivity (Wildman–Crippen MR) is 104 cm³/mol. The van der Waals surface area contributed by atoms with Gasteiger partial charge in [0, 0.05) is 5.56 Å². The predicted octanol–water partition coefficient (Wildman–Crippen LogP) is 5.88. The molecule has 0 heterocycles. The molecule has 3 heteroatoms. The molecule has 23 heavy (non-hydrogen) atoms. The normalized spacial score (nSPS) is 12.3. The summed E-state index contributed by atoms with van der Waals surface area (Å²) in [6.45, 7) is 11.3. The fourth-order valence-corrected chi connectivity index (χ4v) is 4.61. The van der Waals surface area contributed by atoms with Crippen molar-refractivity contribution in [3.05, 3.63) is 65.7 Å². The third-order valence-corrected chi connectivity index (χ3v) is 6.37. The van der Waals surface area contributed by atoms with E-state index in [0.29, 0.717) is 11.3 Å². The summed E-state index contributed by atoms with van der Waals surface area (Å²) in [7, 11) is -0.326. The Morgan fingerprint density at radius 3 is 1.96 bits per heavy atom. The number of hydrogen-bond donors (Lipinski definition) is 1. The van der Waals surface area contributed by atoms with Gasteiger partial charge in [-0.25, -0.2) is 4.99 Å². The topological polar surface area (TPSA) is 24.4 Å². The van der Waals surface area contributed by atoms with Crippen LogP contribution >= 0.6 is 8.07 Å². The molecule has 0 radical (unpaired) electrons. The standard InChI is InChI=1S/C20H27N2P/c1-15(2)23(16(3)4)22-20(18-13-11-17(5)12-14-18)21-19-9-7-6-8-10-19/h6-16H,1-5H3,(H,21,22). The number of benzene rings is 2. The molecule has 0 saturated carbocycles. The highest BCUT2D eigenvalue weighted by Gasteiger charge is 2.19. The number of rotatable bonds is 5. The van der Waals surface area contributed by atoms with Crippen LogP contribution in [-0.2, 0) is 0 Å². The smallest absolute Gasteiger partial charge is 0.137 e. The third-order valence-electron chi connectivity index (χ3n) is 3.67. The van der Waals surface area contributed by atoms with Crippen LogP contribution in [0, 0.1) is 6.92 Å². The first-order valence-electron chi connectivity index (χ1n) is 8.23. The van der Waals surface area contributed by atoms with E-state index in [2.05, 4.69) is 64.0 Å². The summed E-state index contributed by atoms with van der Waals surface area (Å²) in [5.41, 5.74) is 4.61. The number of para-hydroxylation sites is 1. The SMILES string of the molecule is Cc1ccc(C(=Nc2ccccc2)NP(C(C)C)C(C)C)cc1. The summed E-state index contributed by atoms with van der Waals surface area (Å²) in [4.78, 5) is 4.88. The molecule has 0 saturated heterocycles. The summed E-state index contributed by atoms with van der Waals surface area (Å²) >= 11 is 0. The van der Waals surface area contributed by atoms with Crippen LogP contribution in [-0.4, -0.2) is 17.2 Å². The zero-order valence-corrected chi connectivity index (χ0v) is 15.6. The summed E-state index contributed by atoms with van der Waals surface area (Å²) < 4.78 is 0. The summed E-state index contributed by atoms with van der Waals surface area (Å²) in [6.07, 6.45) is 0. The van der Waals surface area contributed by atoms with Crippen molar-refractivity contribution in [1.29, 1.82) is 0 Å². The zero-order valence-electron chi connectivity index (χ0n) is 14.7. The fraction of sp³-hybridized carbons (Fsp3) is 0.350. The minimum absolute atomic E-state index is 0.326. The van der Waals surface area contributed by atoms with Gasteiger partial charge in [-0.1, -0.05) is 75.7 Å². The zero-order chi connectivity index (χ0) is 16.8. The van der Waals surface area contributed by atoms with Crippen LogP contribution in [0.15, 0.2) is 59.6 Å². The summed E-state index contributed by atoms with van der Waals surface area (Å²) in [5, 5.41) is 3.75. The number of nitrogens with zero attached hydrogens (tertiary/aromatic N) is 1. The Bertz CT molecular complexity index is 622. The molecule has 0 bridgehead atoms. The molecule has 0 unspecified atom stereocenters. The molecule has 0 aromatic heterocycles. The van der Waals surface area contributed by atoms with Gasteiger partial charge in [-0.15, -0.1) is 0 Å². The van der Waals surface area contributed by atoms with Crippen LogP contribution in [0.5, 0.6) is 0 Å². The van der Waals surface area contributed by atoms with Gasteiger partial charge in [0.05, 0.1) is 5.69 Å². The van der Waals surface area contributed by atoms with Gasteiger partial charge in [-0.3, -0.25) is 0 Å². The molecule has 2 nitrogen and oxygen atoms in total. The molecule has 2 aromatic carbocycles. The van der Waals surface area contributed by atoms with E-state index in [-0.39, 0.29) is 8.07 Å². The maximum absolute atomic E-state index is 4.88. The molecule has 0 aliphatic rings. The Morgan fingerprint density at radius 2 is 1.43 bits per heavy atom. The highest BCUT2D eigenvalue weighted by atomic mass is 31.1. The van der Waals surface area contributed by atoms with Crippen molar-refractivity contribution in [2.24, 2.45) is 4.99 Å². The number of aliphatic imine (C=N–C) groups is 1. The van der Waals surface area contributed by atoms with Gasteiger partial charge in [0.1, 0.15) is 5.84 Å². The van der Waals surface area contributed by atoms with Crippen molar-refractivity contribution in [1.82, 2.24) is 5.09 Å². The van der Waals surface area contributed by atoms with E-state index < -0.39 is 0 Å². The van der Waals surface area contributed by atoms with E-state index in [1.54, 1.807) is 0 Å². The van der Waals surface area contributed by atoms with E-state index in [0.717, 1.165) is 17.1 Å². The van der Waals surface area contributed by atoms with Gasteiger partial charge in [0.25, 0.3) is 0 Å². The summed E-state index contributed by atoms with van der Waals surface area (Å²) in [6, 6.07) is 18.8. The largest absolute Gasteiger partial charge is 0.348 e. The fourth-order valence-electron chi connectivity index (χ4n) is 2.47. The first-order valence-corrected chi connectivity index (χ1v) is 9.71. The second-order valence-corrected chi connectivity index (χ2v) is 9.47. The van der Waals surface area contributed by atoms with Gasteiger partial charge < -0.3 is 5.09 Å². The Hall–Kier alpha value is -1.66. The molecular formula is C20H27N2P. The van der Waals surface area contributed by atoms with Crippen molar-refractivity contribution in [3.8, 4) is 0 Å². The second kappa shape index (κ2) is 8.26. The Balaban J connectivity index is 2.39. The second-order valence-electron chi connectivity index (χ2n) is 6.37. The average molecular weight is 326 g/mol. The molecule has 0 spiro atoms. The van der Waals surface area contributed by atoms with Gasteiger partial charge in [-0.2, -0.15) is 0 Å². The number of hydrogen-bond acceptors (Lipinski definition) is 1. The van der Waals surface area contributed by atoms with Crippen molar-refractivity contribution in [2.75, 3.05) is 0 Å². The number of aryl methyl sites for hydroxylation is 1. The molecule has 2 rings (SSSR count). The highest BCUT2D eigenvalue weighted by molar-refractivity contribution is 7.57. The molecule has 122 valence electrons. The van der Waals surface area contributed by atoms with Gasteiger partial charge in [0.2, 0.25) is 0 Å². The van der Waals surface area contributed by atoms with E-state index in [1.165, 1.54) is 5.56 Å². The van der Waals surface area contributed by atoms with Crippen molar-refractivity contribution in [2.45, 2.75) is 45.9 Å². The van der Waals surface area contributed by atoms with Crippen molar-refractivity contribution >= 4 is 19.6 Å². The lowest BCUT2D eigenvalue weighted by Gasteiger charge is -2.28. The molecule has 1 N–H and O–H groups in total. The van der Waals surface area contributed by atoms with Gasteiger partial charge >= 0.3 is 0 Å². The summed E-state index contributed by atoms with van der Waals surface area (Å²) in [5.74, 6) is 0.977. The molecule has 0 fully saturated rings. The Kier molecular flexibility index (Phi) is 6.36. The quantitative estimate of drug-likeness (QED) is 0.414. The molecule has 0 amide bonds. The van der Waals surface area contributed by atoms with Crippen LogP contribution in [0.1, 0.15) is 38.8 Å². The molecule has 0 aliphatic carbocycles. The average Bonchev–Trinajstić information content (AvgIpc) is 2.52. The van der Waals surface area contributed by atoms with Crippen LogP contribution in [0.3, 0.4) is 0 Å². The molecular weight excluding hydrogens is 299 g/mol. The Morgan fingerprint density at radius 1 is 0.870 bits per heavy atom. The first-order chi connectivity index (χ1) is 11.0. The molecule has 0 atom stereocenters. The number of amidine groups is 1. The number of nitrogens with one attached hydrogen (secondary N) is 1. The lowest BCUT2D eigenvalue weighted by atomic mass is 10.1. The Labute approximate surface area is 141 Å². The third kappa shape index (κ3) is 5.18. The van der Waals surface area contributed by atoms with E-state index >= 15 is 0 Å². The van der Waals surface area contributed by atoms with Crippen LogP contribution in [0.25, 0.3) is 0 Å². The maximum atomic E-state index is 4.88. The lowest BCUT2D eigenvalue weighted by Crippen LogP contribution is -2.26. The maximum Gasteiger partial charge on any atom is 0.137 e. The van der Waals surface area contributed by atoms with E-state index in [4.69, 9.17) is 4.99 Å². The highest BCUT2D eigenvalue weighted by Crippen LogP contribution is 2.42. The minimum atomic E-state index is -0.326. The van der Waals surface area contributed by atoms with Crippen molar-refractivity contribution in [3.63, 3.8) is 0 Å². The van der Waals surface area contributed by atoms with Gasteiger partial charge in [0.15, 0.2) is 0 Å². The minimum Gasteiger partial charge on any atom is -0.348 e. The van der Waals surface area contributed by atoms with Crippen LogP contribution in [0.4, 0.5) is 5.69 Å². The first kappa shape index (κ1) is 17.7.